The van der Waals surface area contributed by atoms with E-state index in [0.29, 0.717) is 38.7 Å². The van der Waals surface area contributed by atoms with E-state index in [0.717, 1.165) is 10.5 Å². The summed E-state index contributed by atoms with van der Waals surface area (Å²) in [6.45, 7) is 3.96. The Labute approximate surface area is 237 Å². The lowest BCUT2D eigenvalue weighted by Crippen LogP contribution is -2.54. The quantitative estimate of drug-likeness (QED) is 0.245. The summed E-state index contributed by atoms with van der Waals surface area (Å²) in [6.07, 6.45) is 1.36. The zero-order valence-electron chi connectivity index (χ0n) is 20.8. The maximum Gasteiger partial charge on any atom is 0.335 e. The number of halogens is 2. The van der Waals surface area contributed by atoms with Crippen LogP contribution in [0.2, 0.25) is 5.02 Å². The van der Waals surface area contributed by atoms with Crippen molar-refractivity contribution in [1.82, 2.24) is 5.32 Å². The van der Waals surface area contributed by atoms with Crippen LogP contribution in [0.25, 0.3) is 6.08 Å². The number of urea groups is 1. The Kier molecular flexibility index (Phi) is 8.37. The summed E-state index contributed by atoms with van der Waals surface area (Å²) in [5.74, 6) is -1.92. The SMILES string of the molecule is CCOc1cc(/C=C2\C(=O)NC(=O)N(c3cc(Cl)ccc3C)C2=O)cc(Br)c1OCc1ccc(C(=O)O)cc1. The number of carboxylic acids is 1. The van der Waals surface area contributed by atoms with Crippen LogP contribution in [0.5, 0.6) is 11.5 Å². The summed E-state index contributed by atoms with van der Waals surface area (Å²) in [7, 11) is 0. The molecule has 1 heterocycles. The van der Waals surface area contributed by atoms with Gasteiger partial charge in [0.05, 0.1) is 22.3 Å². The molecule has 0 atom stereocenters. The Balaban J connectivity index is 1.65. The molecule has 1 saturated heterocycles. The molecule has 0 radical (unpaired) electrons. The number of barbiturate groups is 1. The van der Waals surface area contributed by atoms with Crippen molar-refractivity contribution < 1.29 is 33.8 Å². The van der Waals surface area contributed by atoms with E-state index in [2.05, 4.69) is 21.2 Å². The molecule has 4 amide bonds. The summed E-state index contributed by atoms with van der Waals surface area (Å²) >= 11 is 9.55. The molecule has 2 N–H and O–H groups in total. The van der Waals surface area contributed by atoms with Gasteiger partial charge in [-0.25, -0.2) is 14.5 Å². The number of aromatic carboxylic acids is 1. The van der Waals surface area contributed by atoms with Crippen molar-refractivity contribution in [3.63, 3.8) is 0 Å². The molecule has 0 spiro atoms. The number of benzene rings is 3. The van der Waals surface area contributed by atoms with Crippen LogP contribution in [0.3, 0.4) is 0 Å². The van der Waals surface area contributed by atoms with E-state index in [1.54, 1.807) is 50.2 Å². The van der Waals surface area contributed by atoms with Gasteiger partial charge >= 0.3 is 12.0 Å². The molecule has 9 nitrogen and oxygen atoms in total. The molecule has 0 unspecified atom stereocenters. The number of carboxylic acid groups (broad SMARTS) is 1. The molecule has 0 bridgehead atoms. The van der Waals surface area contributed by atoms with E-state index < -0.39 is 23.8 Å². The van der Waals surface area contributed by atoms with Crippen LogP contribution in [0.1, 0.15) is 34.0 Å². The molecule has 0 saturated carbocycles. The van der Waals surface area contributed by atoms with Gasteiger partial charge in [0.2, 0.25) is 0 Å². The van der Waals surface area contributed by atoms with Crippen LogP contribution in [0.4, 0.5) is 10.5 Å². The molecule has 4 rings (SSSR count). The second-order valence-corrected chi connectivity index (χ2v) is 9.73. The third-order valence-electron chi connectivity index (χ3n) is 5.74. The van der Waals surface area contributed by atoms with E-state index in [1.165, 1.54) is 24.3 Å². The first-order valence-electron chi connectivity index (χ1n) is 11.7. The van der Waals surface area contributed by atoms with Gasteiger partial charge in [-0.1, -0.05) is 29.8 Å². The van der Waals surface area contributed by atoms with Crippen molar-refractivity contribution in [3.8, 4) is 11.5 Å². The van der Waals surface area contributed by atoms with Gasteiger partial charge < -0.3 is 14.6 Å². The maximum atomic E-state index is 13.3. The molecule has 3 aromatic rings. The number of hydrogen-bond donors (Lipinski definition) is 2. The predicted molar refractivity (Wildman–Crippen MR) is 148 cm³/mol. The number of aryl methyl sites for hydroxylation is 1. The lowest BCUT2D eigenvalue weighted by Gasteiger charge is -2.27. The van der Waals surface area contributed by atoms with E-state index in [9.17, 15) is 19.2 Å². The molecule has 0 aliphatic carbocycles. The first-order valence-corrected chi connectivity index (χ1v) is 12.8. The highest BCUT2D eigenvalue weighted by atomic mass is 79.9. The average molecular weight is 614 g/mol. The number of amides is 4. The minimum atomic E-state index is -1.02. The van der Waals surface area contributed by atoms with Gasteiger partial charge in [-0.2, -0.15) is 0 Å². The number of hydrogen-bond acceptors (Lipinski definition) is 6. The zero-order valence-corrected chi connectivity index (χ0v) is 23.1. The van der Waals surface area contributed by atoms with E-state index in [-0.39, 0.29) is 23.4 Å². The fraction of sp³-hybridized carbons (Fsp3) is 0.143. The fourth-order valence-corrected chi connectivity index (χ4v) is 4.58. The van der Waals surface area contributed by atoms with Crippen molar-refractivity contribution in [2.24, 2.45) is 0 Å². The summed E-state index contributed by atoms with van der Waals surface area (Å²) in [4.78, 5) is 50.5. The van der Waals surface area contributed by atoms with Crippen LogP contribution < -0.4 is 19.7 Å². The van der Waals surface area contributed by atoms with Gasteiger partial charge in [0.25, 0.3) is 11.8 Å². The Hall–Kier alpha value is -4.15. The normalized spacial score (nSPS) is 14.4. The number of anilines is 1. The first-order chi connectivity index (χ1) is 18.6. The molecule has 1 aliphatic heterocycles. The average Bonchev–Trinajstić information content (AvgIpc) is 2.88. The number of rotatable bonds is 8. The number of nitrogens with zero attached hydrogens (tertiary/aromatic N) is 1. The summed E-state index contributed by atoms with van der Waals surface area (Å²) in [5.41, 5.74) is 1.98. The van der Waals surface area contributed by atoms with Crippen LogP contribution >= 0.6 is 27.5 Å². The Morgan fingerprint density at radius 2 is 1.79 bits per heavy atom. The largest absolute Gasteiger partial charge is 0.490 e. The summed E-state index contributed by atoms with van der Waals surface area (Å²) in [5, 5.41) is 11.6. The van der Waals surface area contributed by atoms with Crippen molar-refractivity contribution >= 4 is 63.1 Å². The maximum absolute atomic E-state index is 13.3. The predicted octanol–water partition coefficient (Wildman–Crippen LogP) is 5.75. The fourth-order valence-electron chi connectivity index (χ4n) is 3.84. The minimum absolute atomic E-state index is 0.135. The molecule has 11 heteroatoms. The monoisotopic (exact) mass is 612 g/mol. The van der Waals surface area contributed by atoms with E-state index >= 15 is 0 Å². The molecular weight excluding hydrogens is 592 g/mol. The zero-order chi connectivity index (χ0) is 28.3. The molecular formula is C28H22BrClN2O7. The lowest BCUT2D eigenvalue weighted by atomic mass is 10.1. The third kappa shape index (κ3) is 6.13. The Bertz CT molecular complexity index is 1520. The van der Waals surface area contributed by atoms with Gasteiger partial charge in [0.1, 0.15) is 12.2 Å². The van der Waals surface area contributed by atoms with Gasteiger partial charge in [-0.05, 0) is 88.9 Å². The summed E-state index contributed by atoms with van der Waals surface area (Å²) in [6, 6.07) is 13.4. The summed E-state index contributed by atoms with van der Waals surface area (Å²) < 4.78 is 12.2. The Morgan fingerprint density at radius 1 is 1.08 bits per heavy atom. The second kappa shape index (κ2) is 11.7. The van der Waals surface area contributed by atoms with Crippen LogP contribution in [-0.4, -0.2) is 35.5 Å². The molecule has 1 aliphatic rings. The molecule has 39 heavy (non-hydrogen) atoms. The molecule has 3 aromatic carbocycles. The van der Waals surface area contributed by atoms with Crippen molar-refractivity contribution in [1.29, 1.82) is 0 Å². The highest BCUT2D eigenvalue weighted by Crippen LogP contribution is 2.38. The topological polar surface area (TPSA) is 122 Å². The van der Waals surface area contributed by atoms with Gasteiger partial charge in [-0.3, -0.25) is 14.9 Å². The van der Waals surface area contributed by atoms with Gasteiger partial charge in [0.15, 0.2) is 11.5 Å². The van der Waals surface area contributed by atoms with Crippen molar-refractivity contribution in [2.75, 3.05) is 11.5 Å². The number of imide groups is 2. The van der Waals surface area contributed by atoms with Gasteiger partial charge in [-0.15, -0.1) is 0 Å². The van der Waals surface area contributed by atoms with Crippen LogP contribution in [-0.2, 0) is 16.2 Å². The third-order valence-corrected chi connectivity index (χ3v) is 6.56. The van der Waals surface area contributed by atoms with Crippen LogP contribution in [0.15, 0.2) is 64.6 Å². The minimum Gasteiger partial charge on any atom is -0.490 e. The van der Waals surface area contributed by atoms with Gasteiger partial charge in [0, 0.05) is 5.02 Å². The second-order valence-electron chi connectivity index (χ2n) is 8.44. The molecule has 200 valence electrons. The first kappa shape index (κ1) is 27.9. The standard InChI is InChI=1S/C28H22BrClN2O7/c1-3-38-23-12-17(11-21(29)24(23)39-14-16-5-7-18(8-6-16)27(35)36)10-20-25(33)31-28(37)32(26(20)34)22-13-19(30)9-4-15(22)2/h4-13H,3,14H2,1-2H3,(H,35,36)(H,31,33,37)/b20-10+. The highest BCUT2D eigenvalue weighted by Gasteiger charge is 2.37. The number of carbonyl (C=O) groups excluding carboxylic acids is 3. The number of ether oxygens (including phenoxy) is 2. The lowest BCUT2D eigenvalue weighted by molar-refractivity contribution is -0.122. The molecule has 0 aromatic heterocycles. The number of nitrogens with one attached hydrogen (secondary N) is 1. The van der Waals surface area contributed by atoms with Crippen molar-refractivity contribution in [2.45, 2.75) is 20.5 Å². The van der Waals surface area contributed by atoms with E-state index in [1.807, 2.05) is 0 Å². The molecule has 1 fully saturated rings. The Morgan fingerprint density at radius 3 is 2.46 bits per heavy atom. The smallest absolute Gasteiger partial charge is 0.335 e. The highest BCUT2D eigenvalue weighted by molar-refractivity contribution is 9.10. The van der Waals surface area contributed by atoms with E-state index in [4.69, 9.17) is 26.2 Å². The van der Waals surface area contributed by atoms with Crippen molar-refractivity contribution in [3.05, 3.63) is 91.9 Å². The number of carbonyl (C=O) groups is 4. The van der Waals surface area contributed by atoms with Crippen LogP contribution in [0, 0.1) is 6.92 Å².